The molecule has 2 N–H and O–H groups in total. The Morgan fingerprint density at radius 1 is 0.351 bits per heavy atom. The zero-order valence-corrected chi connectivity index (χ0v) is 49.9. The number of allylic oxidation sites excluding steroid dienone is 2. The van der Waals surface area contributed by atoms with E-state index in [1.807, 2.05) is 0 Å². The fraction of sp³-hybridized carbons (Fsp3) is 0.941. The fourth-order valence-electron chi connectivity index (χ4n) is 11.4. The molecular weight excluding hydrogens is 913 g/mol. The summed E-state index contributed by atoms with van der Waals surface area (Å²) in [5.74, 6) is -1.40. The van der Waals surface area contributed by atoms with Gasteiger partial charge in [-0.2, -0.15) is 0 Å². The van der Waals surface area contributed by atoms with Crippen LogP contribution in [0, 0.1) is 11.3 Å². The molecule has 74 heavy (non-hydrogen) atoms. The standard InChI is InChI=1S/C68H130O6/c1-2-3-4-5-6-7-8-9-10-11-12-13-14-15-16-17-18-19-20-21-22-23-24-25-26-27-28-29-30-31-32-33-34-35-36-37-38-39-40-41-42-43-44-45-46-47-48-49-50-51-52-53-54-55-56-57-58-59-65-60-66(71)73-63-68(61-69,62-70)64-74-67(65)72/h2-3,65,69-70H,4-64H2,1H3/b3-2+. The summed E-state index contributed by atoms with van der Waals surface area (Å²) >= 11 is 0. The first-order valence-corrected chi connectivity index (χ1v) is 33.7. The molecule has 0 aromatic carbocycles. The lowest BCUT2D eigenvalue weighted by atomic mass is 9.92. The molecule has 1 atom stereocenters. The van der Waals surface area contributed by atoms with E-state index in [2.05, 4.69) is 19.1 Å². The molecular formula is C68H130O6. The van der Waals surface area contributed by atoms with Gasteiger partial charge >= 0.3 is 11.9 Å². The number of esters is 2. The molecule has 0 radical (unpaired) electrons. The number of ether oxygens (including phenoxy) is 2. The molecule has 1 fully saturated rings. The summed E-state index contributed by atoms with van der Waals surface area (Å²) in [6.45, 7) is 1.04. The highest BCUT2D eigenvalue weighted by Gasteiger charge is 2.36. The third kappa shape index (κ3) is 48.9. The smallest absolute Gasteiger partial charge is 0.309 e. The van der Waals surface area contributed by atoms with Crippen molar-refractivity contribution in [3.05, 3.63) is 12.2 Å². The van der Waals surface area contributed by atoms with Gasteiger partial charge in [0.05, 0.1) is 31.0 Å². The molecule has 1 rings (SSSR count). The van der Waals surface area contributed by atoms with Crippen LogP contribution in [-0.2, 0) is 19.1 Å². The predicted molar refractivity (Wildman–Crippen MR) is 320 cm³/mol. The van der Waals surface area contributed by atoms with Gasteiger partial charge in [0.2, 0.25) is 0 Å². The number of carbonyl (C=O) groups excluding carboxylic acids is 2. The quantitative estimate of drug-likeness (QED) is 0.0358. The van der Waals surface area contributed by atoms with Crippen LogP contribution in [0.15, 0.2) is 12.2 Å². The topological polar surface area (TPSA) is 93.1 Å². The maximum atomic E-state index is 12.6. The van der Waals surface area contributed by atoms with E-state index >= 15 is 0 Å². The molecule has 1 aliphatic rings. The monoisotopic (exact) mass is 1040 g/mol. The van der Waals surface area contributed by atoms with Crippen molar-refractivity contribution in [2.24, 2.45) is 11.3 Å². The molecule has 0 saturated carbocycles. The molecule has 0 aromatic rings. The van der Waals surface area contributed by atoms with E-state index in [1.54, 1.807) is 0 Å². The minimum absolute atomic E-state index is 0.00531. The first kappa shape index (κ1) is 70.6. The predicted octanol–water partition coefficient (Wildman–Crippen LogP) is 21.5. The van der Waals surface area contributed by atoms with Gasteiger partial charge in [-0.05, 0) is 26.2 Å². The second-order valence-electron chi connectivity index (χ2n) is 24.2. The molecule has 0 spiro atoms. The summed E-state index contributed by atoms with van der Waals surface area (Å²) in [6, 6.07) is 0. The summed E-state index contributed by atoms with van der Waals surface area (Å²) in [5, 5.41) is 19.2. The number of hydrogen-bond donors (Lipinski definition) is 2. The van der Waals surface area contributed by atoms with Crippen LogP contribution in [0.3, 0.4) is 0 Å². The number of rotatable bonds is 59. The van der Waals surface area contributed by atoms with Gasteiger partial charge in [-0.15, -0.1) is 0 Å². The van der Waals surface area contributed by atoms with Gasteiger partial charge in [0, 0.05) is 0 Å². The number of carbonyl (C=O) groups is 2. The summed E-state index contributed by atoms with van der Waals surface area (Å²) in [6.07, 6.45) is 83.3. The van der Waals surface area contributed by atoms with Gasteiger partial charge in [-0.1, -0.05) is 352 Å². The van der Waals surface area contributed by atoms with Gasteiger partial charge in [0.1, 0.15) is 13.2 Å². The number of cyclic esters (lactones) is 2. The van der Waals surface area contributed by atoms with Gasteiger partial charge in [-0.3, -0.25) is 9.59 Å². The van der Waals surface area contributed by atoms with Crippen LogP contribution < -0.4 is 0 Å². The van der Waals surface area contributed by atoms with Crippen LogP contribution in [-0.4, -0.2) is 48.6 Å². The van der Waals surface area contributed by atoms with Crippen LogP contribution in [0.2, 0.25) is 0 Å². The van der Waals surface area contributed by atoms with Crippen molar-refractivity contribution in [1.29, 1.82) is 0 Å². The zero-order valence-electron chi connectivity index (χ0n) is 49.9. The lowest BCUT2D eigenvalue weighted by Gasteiger charge is -2.27. The SMILES string of the molecule is C/C=C/CCCCCCCCCCCCCCCCCCCCCCCCCCCCCCCCCCCCCCCCCCCCCCCCCCCCCCCCC1CC(=O)OCC(CO)(CO)COC1=O. The molecule has 0 aliphatic carbocycles. The Bertz CT molecular complexity index is 1160. The average molecular weight is 1040 g/mol. The fourth-order valence-corrected chi connectivity index (χ4v) is 11.4. The van der Waals surface area contributed by atoms with Crippen LogP contribution in [0.25, 0.3) is 0 Å². The van der Waals surface area contributed by atoms with E-state index in [0.29, 0.717) is 6.42 Å². The molecule has 1 heterocycles. The van der Waals surface area contributed by atoms with E-state index in [0.717, 1.165) is 19.3 Å². The number of hydrogen-bond acceptors (Lipinski definition) is 6. The molecule has 6 heteroatoms. The second kappa shape index (κ2) is 57.8. The van der Waals surface area contributed by atoms with Crippen molar-refractivity contribution >= 4 is 11.9 Å². The van der Waals surface area contributed by atoms with Crippen LogP contribution in [0.4, 0.5) is 0 Å². The van der Waals surface area contributed by atoms with Crippen molar-refractivity contribution in [3.8, 4) is 0 Å². The molecule has 438 valence electrons. The molecule has 1 unspecified atom stereocenters. The lowest BCUT2D eigenvalue weighted by Crippen LogP contribution is -2.40. The zero-order chi connectivity index (χ0) is 53.2. The second-order valence-corrected chi connectivity index (χ2v) is 24.2. The number of unbranched alkanes of at least 4 members (excludes halogenated alkanes) is 54. The highest BCUT2D eigenvalue weighted by molar-refractivity contribution is 5.80. The summed E-state index contributed by atoms with van der Waals surface area (Å²) < 4.78 is 10.6. The Labute approximate surface area is 462 Å². The summed E-state index contributed by atoms with van der Waals surface area (Å²) in [5.41, 5.74) is -1.12. The minimum Gasteiger partial charge on any atom is -0.465 e. The highest BCUT2D eigenvalue weighted by atomic mass is 16.6. The van der Waals surface area contributed by atoms with Crippen molar-refractivity contribution in [2.45, 2.75) is 373 Å². The van der Waals surface area contributed by atoms with Gasteiger partial charge < -0.3 is 19.7 Å². The van der Waals surface area contributed by atoms with E-state index in [-0.39, 0.29) is 19.6 Å². The average Bonchev–Trinajstić information content (AvgIpc) is 3.47. The van der Waals surface area contributed by atoms with E-state index in [9.17, 15) is 19.8 Å². The Hall–Kier alpha value is -1.40. The van der Waals surface area contributed by atoms with Crippen molar-refractivity contribution < 1.29 is 29.3 Å². The molecule has 1 aliphatic heterocycles. The molecule has 1 saturated heterocycles. The third-order valence-electron chi connectivity index (χ3n) is 16.9. The molecule has 0 amide bonds. The first-order chi connectivity index (χ1) is 36.6. The van der Waals surface area contributed by atoms with E-state index in [4.69, 9.17) is 9.47 Å². The molecule has 0 bridgehead atoms. The largest absolute Gasteiger partial charge is 0.465 e. The van der Waals surface area contributed by atoms with E-state index < -0.39 is 36.5 Å². The van der Waals surface area contributed by atoms with Crippen LogP contribution in [0.5, 0.6) is 0 Å². The van der Waals surface area contributed by atoms with E-state index in [1.165, 1.54) is 334 Å². The summed E-state index contributed by atoms with van der Waals surface area (Å²) in [4.78, 5) is 24.8. The maximum absolute atomic E-state index is 12.6. The van der Waals surface area contributed by atoms with Crippen molar-refractivity contribution in [3.63, 3.8) is 0 Å². The number of aliphatic hydroxyl groups excluding tert-OH is 2. The maximum Gasteiger partial charge on any atom is 0.309 e. The first-order valence-electron chi connectivity index (χ1n) is 33.7. The van der Waals surface area contributed by atoms with Gasteiger partial charge in [0.15, 0.2) is 0 Å². The minimum atomic E-state index is -1.12. The van der Waals surface area contributed by atoms with Crippen LogP contribution >= 0.6 is 0 Å². The number of aliphatic hydroxyl groups is 2. The normalized spacial score (nSPS) is 15.1. The third-order valence-corrected chi connectivity index (χ3v) is 16.9. The van der Waals surface area contributed by atoms with Gasteiger partial charge in [0.25, 0.3) is 0 Å². The molecule has 0 aromatic heterocycles. The van der Waals surface area contributed by atoms with Crippen molar-refractivity contribution in [1.82, 2.24) is 0 Å². The van der Waals surface area contributed by atoms with Crippen LogP contribution in [0.1, 0.15) is 373 Å². The highest BCUT2D eigenvalue weighted by Crippen LogP contribution is 2.25. The Kier molecular flexibility index (Phi) is 55.1. The molecule has 6 nitrogen and oxygen atoms in total. The lowest BCUT2D eigenvalue weighted by molar-refractivity contribution is -0.155. The Morgan fingerprint density at radius 2 is 0.568 bits per heavy atom. The Morgan fingerprint density at radius 3 is 0.797 bits per heavy atom. The van der Waals surface area contributed by atoms with Crippen molar-refractivity contribution in [2.75, 3.05) is 26.4 Å². The summed E-state index contributed by atoms with van der Waals surface area (Å²) in [7, 11) is 0. The Balaban J connectivity index is 1.66. The van der Waals surface area contributed by atoms with Gasteiger partial charge in [-0.25, -0.2) is 0 Å².